The van der Waals surface area contributed by atoms with Crippen molar-refractivity contribution in [3.63, 3.8) is 0 Å². The molecule has 4 rings (SSSR count). The number of H-pyrrole nitrogens is 1. The fourth-order valence-electron chi connectivity index (χ4n) is 2.77. The van der Waals surface area contributed by atoms with Gasteiger partial charge in [0, 0.05) is 29.7 Å². The molecule has 1 aliphatic heterocycles. The molecule has 2 aromatic heterocycles. The highest BCUT2D eigenvalue weighted by Crippen LogP contribution is 2.32. The lowest BCUT2D eigenvalue weighted by molar-refractivity contribution is 0.0957. The minimum Gasteiger partial charge on any atom is -0.353 e. The van der Waals surface area contributed by atoms with Gasteiger partial charge in [-0.1, -0.05) is 0 Å². The third-order valence-corrected chi connectivity index (χ3v) is 3.65. The first-order valence-electron chi connectivity index (χ1n) is 6.61. The normalized spacial score (nSPS) is 13.5. The lowest BCUT2D eigenvalue weighted by Gasteiger charge is -2.02. The molecule has 0 spiro atoms. The first kappa shape index (κ1) is 11.9. The van der Waals surface area contributed by atoms with Crippen molar-refractivity contribution in [1.29, 1.82) is 0 Å². The molecule has 0 saturated carbocycles. The summed E-state index contributed by atoms with van der Waals surface area (Å²) in [5, 5.41) is 4.90. The highest BCUT2D eigenvalue weighted by Gasteiger charge is 2.22. The van der Waals surface area contributed by atoms with Crippen molar-refractivity contribution >= 4 is 23.0 Å². The topological polar surface area (TPSA) is 75.1 Å². The molecule has 0 fully saturated rings. The molecule has 1 aromatic carbocycles. The number of hydrogen-bond donors (Lipinski definition) is 2. The molecule has 0 radical (unpaired) electrons. The molecule has 0 saturated heterocycles. The van der Waals surface area contributed by atoms with Crippen molar-refractivity contribution in [3.05, 3.63) is 41.3 Å². The zero-order valence-electron chi connectivity index (χ0n) is 11.6. The number of carbonyl (C=O) groups is 1. The van der Waals surface area contributed by atoms with Gasteiger partial charge in [-0.3, -0.25) is 4.79 Å². The summed E-state index contributed by atoms with van der Waals surface area (Å²) in [6.45, 7) is 1.97. The third kappa shape index (κ3) is 1.69. The summed E-state index contributed by atoms with van der Waals surface area (Å²) >= 11 is 0. The number of aromatic amines is 1. The summed E-state index contributed by atoms with van der Waals surface area (Å²) in [5.74, 6) is -0.190. The highest BCUT2D eigenvalue weighted by molar-refractivity contribution is 6.17. The van der Waals surface area contributed by atoms with Crippen LogP contribution in [0, 0.1) is 6.92 Å². The monoisotopic (exact) mass is 279 g/mol. The van der Waals surface area contributed by atoms with Gasteiger partial charge < -0.3 is 9.55 Å². The van der Waals surface area contributed by atoms with Gasteiger partial charge in [-0.15, -0.1) is 0 Å². The summed E-state index contributed by atoms with van der Waals surface area (Å²) in [6, 6.07) is 3.91. The van der Waals surface area contributed by atoms with E-state index < -0.39 is 0 Å². The second kappa shape index (κ2) is 4.05. The quantitative estimate of drug-likeness (QED) is 0.714. The van der Waals surface area contributed by atoms with E-state index in [9.17, 15) is 4.79 Å². The number of aryl methyl sites for hydroxylation is 2. The molecular formula is C15H13N5O. The van der Waals surface area contributed by atoms with Gasteiger partial charge in [-0.25, -0.2) is 10.4 Å². The molecule has 0 atom stereocenters. The Kier molecular flexibility index (Phi) is 2.29. The summed E-state index contributed by atoms with van der Waals surface area (Å²) in [7, 11) is 1.92. The maximum Gasteiger partial charge on any atom is 0.272 e. The number of hydrogen-bond acceptors (Lipinski definition) is 3. The maximum atomic E-state index is 12.1. The maximum absolute atomic E-state index is 12.1. The van der Waals surface area contributed by atoms with Crippen molar-refractivity contribution < 1.29 is 4.79 Å². The van der Waals surface area contributed by atoms with Crippen LogP contribution in [-0.2, 0) is 7.05 Å². The zero-order chi connectivity index (χ0) is 14.6. The second-order valence-electron chi connectivity index (χ2n) is 5.27. The number of nitrogens with one attached hydrogen (secondary N) is 2. The fraction of sp³-hybridized carbons (Fsp3) is 0.133. The molecule has 6 heteroatoms. The first-order chi connectivity index (χ1) is 10.1. The molecule has 6 nitrogen and oxygen atoms in total. The Morgan fingerprint density at radius 2 is 2.14 bits per heavy atom. The summed E-state index contributed by atoms with van der Waals surface area (Å²) in [5.41, 5.74) is 7.70. The van der Waals surface area contributed by atoms with Crippen molar-refractivity contribution in [2.24, 2.45) is 12.1 Å². The van der Waals surface area contributed by atoms with E-state index in [1.165, 1.54) is 0 Å². The highest BCUT2D eigenvalue weighted by atomic mass is 16.2. The smallest absolute Gasteiger partial charge is 0.272 e. The Labute approximate surface area is 120 Å². The Bertz CT molecular complexity index is 916. The fourth-order valence-corrected chi connectivity index (χ4v) is 2.77. The van der Waals surface area contributed by atoms with Crippen molar-refractivity contribution in [3.8, 4) is 11.4 Å². The average molecular weight is 279 g/mol. The molecule has 3 aromatic rings. The van der Waals surface area contributed by atoms with Gasteiger partial charge in [0.15, 0.2) is 0 Å². The van der Waals surface area contributed by atoms with Crippen molar-refractivity contribution in [1.82, 2.24) is 20.0 Å². The molecule has 21 heavy (non-hydrogen) atoms. The standard InChI is InChI=1S/C15H13N5O/c1-8-3-9-13-10(5-17-19-15(9)21)14(18-11(13)4-8)12-6-20(2)7-16-12/h3-7,18H,1-2H3,(H,19,21). The first-order valence-corrected chi connectivity index (χ1v) is 6.61. The molecule has 0 unspecified atom stereocenters. The lowest BCUT2D eigenvalue weighted by atomic mass is 10.0. The van der Waals surface area contributed by atoms with Crippen LogP contribution in [0.4, 0.5) is 0 Å². The van der Waals surface area contributed by atoms with E-state index in [4.69, 9.17) is 0 Å². The lowest BCUT2D eigenvalue weighted by Crippen LogP contribution is -2.16. The van der Waals surface area contributed by atoms with Crippen LogP contribution in [0.25, 0.3) is 22.3 Å². The summed E-state index contributed by atoms with van der Waals surface area (Å²) in [6.07, 6.45) is 5.35. The van der Waals surface area contributed by atoms with Crippen LogP contribution >= 0.6 is 0 Å². The van der Waals surface area contributed by atoms with E-state index in [1.54, 1.807) is 12.5 Å². The molecule has 1 amide bonds. The van der Waals surface area contributed by atoms with Gasteiger partial charge in [0.1, 0.15) is 5.69 Å². The van der Waals surface area contributed by atoms with Crippen LogP contribution in [0.15, 0.2) is 29.8 Å². The molecule has 3 heterocycles. The van der Waals surface area contributed by atoms with E-state index >= 15 is 0 Å². The van der Waals surface area contributed by atoms with E-state index in [0.29, 0.717) is 5.56 Å². The SMILES string of the molecule is Cc1cc2c3c(c(-c4cn(C)cn4)[nH]c3c1)C=NNC2=O. The van der Waals surface area contributed by atoms with Gasteiger partial charge in [-0.05, 0) is 24.6 Å². The van der Waals surface area contributed by atoms with E-state index in [2.05, 4.69) is 20.5 Å². The van der Waals surface area contributed by atoms with Crippen LogP contribution in [0.2, 0.25) is 0 Å². The largest absolute Gasteiger partial charge is 0.353 e. The number of aromatic nitrogens is 3. The van der Waals surface area contributed by atoms with Crippen molar-refractivity contribution in [2.45, 2.75) is 6.92 Å². The third-order valence-electron chi connectivity index (χ3n) is 3.65. The molecule has 1 aliphatic rings. The number of benzene rings is 1. The minimum absolute atomic E-state index is 0.190. The molecule has 104 valence electrons. The second-order valence-corrected chi connectivity index (χ2v) is 5.27. The number of nitrogens with zero attached hydrogens (tertiary/aromatic N) is 3. The molecule has 2 N–H and O–H groups in total. The Hall–Kier alpha value is -2.89. The van der Waals surface area contributed by atoms with E-state index in [-0.39, 0.29) is 5.91 Å². The van der Waals surface area contributed by atoms with Crippen LogP contribution in [0.3, 0.4) is 0 Å². The van der Waals surface area contributed by atoms with E-state index in [0.717, 1.165) is 33.4 Å². The Morgan fingerprint density at radius 3 is 2.90 bits per heavy atom. The molecule has 0 aliphatic carbocycles. The number of imidazole rings is 1. The number of amides is 1. The van der Waals surface area contributed by atoms with Crippen LogP contribution in [0.5, 0.6) is 0 Å². The average Bonchev–Trinajstić information content (AvgIpc) is 2.97. The minimum atomic E-state index is -0.190. The van der Waals surface area contributed by atoms with Crippen molar-refractivity contribution in [2.75, 3.05) is 0 Å². The summed E-state index contributed by atoms with van der Waals surface area (Å²) < 4.78 is 1.89. The Balaban J connectivity index is 2.12. The number of hydrazone groups is 1. The molecular weight excluding hydrogens is 266 g/mol. The van der Waals surface area contributed by atoms with Crippen LogP contribution < -0.4 is 5.43 Å². The summed E-state index contributed by atoms with van der Waals surface area (Å²) in [4.78, 5) is 19.9. The molecule has 0 bridgehead atoms. The Morgan fingerprint density at radius 1 is 1.29 bits per heavy atom. The predicted octanol–water partition coefficient (Wildman–Crippen LogP) is 1.95. The zero-order valence-corrected chi connectivity index (χ0v) is 11.6. The van der Waals surface area contributed by atoms with E-state index in [1.807, 2.05) is 36.9 Å². The van der Waals surface area contributed by atoms with Gasteiger partial charge in [0.2, 0.25) is 0 Å². The van der Waals surface area contributed by atoms with Gasteiger partial charge in [-0.2, -0.15) is 5.10 Å². The predicted molar refractivity (Wildman–Crippen MR) is 80.3 cm³/mol. The van der Waals surface area contributed by atoms with Crippen LogP contribution in [0.1, 0.15) is 21.5 Å². The van der Waals surface area contributed by atoms with Gasteiger partial charge in [0.05, 0.1) is 23.8 Å². The van der Waals surface area contributed by atoms with Gasteiger partial charge >= 0.3 is 0 Å². The van der Waals surface area contributed by atoms with Crippen LogP contribution in [-0.4, -0.2) is 26.7 Å². The van der Waals surface area contributed by atoms with Gasteiger partial charge in [0.25, 0.3) is 5.91 Å². The number of rotatable bonds is 1. The number of carbonyl (C=O) groups excluding carboxylic acids is 1.